The topological polar surface area (TPSA) is 108 Å². The fourth-order valence-corrected chi connectivity index (χ4v) is 10.1. The lowest BCUT2D eigenvalue weighted by molar-refractivity contribution is 0.532. The largest absolute Gasteiger partial charge is 0.452 e. The number of para-hydroxylation sites is 4. The van der Waals surface area contributed by atoms with Gasteiger partial charge in [0.15, 0.2) is 33.5 Å². The molecule has 11 rings (SSSR count). The lowest BCUT2D eigenvalue weighted by atomic mass is 9.91. The van der Waals surface area contributed by atoms with Gasteiger partial charge in [0.2, 0.25) is 0 Å². The van der Waals surface area contributed by atoms with Crippen molar-refractivity contribution in [3.05, 3.63) is 134 Å². The van der Waals surface area contributed by atoms with Gasteiger partial charge in [-0.3, -0.25) is 9.59 Å². The number of aryl methyl sites for hydroxylation is 1. The van der Waals surface area contributed by atoms with E-state index in [1.807, 2.05) is 81.4 Å². The Kier molecular flexibility index (Phi) is 8.56. The molecule has 2 aliphatic carbocycles. The van der Waals surface area contributed by atoms with Gasteiger partial charge in [0.1, 0.15) is 22.4 Å². The van der Waals surface area contributed by atoms with E-state index in [2.05, 4.69) is 57.3 Å². The lowest BCUT2D eigenvalue weighted by Gasteiger charge is -2.44. The van der Waals surface area contributed by atoms with Crippen molar-refractivity contribution < 1.29 is 8.83 Å². The molecule has 2 atom stereocenters. The molecule has 300 valence electrons. The molecule has 0 aromatic heterocycles. The van der Waals surface area contributed by atoms with Crippen LogP contribution < -0.4 is 30.9 Å². The Labute approximate surface area is 347 Å². The third kappa shape index (κ3) is 5.72. The molecule has 2 bridgehead atoms. The first-order chi connectivity index (χ1) is 29.2. The summed E-state index contributed by atoms with van der Waals surface area (Å²) in [7, 11) is 0. The number of anilines is 3. The van der Waals surface area contributed by atoms with E-state index in [0.717, 1.165) is 102 Å². The zero-order chi connectivity index (χ0) is 40.8. The number of benzene rings is 6. The molecule has 5 heterocycles. The van der Waals surface area contributed by atoms with Crippen molar-refractivity contribution in [1.82, 2.24) is 15.3 Å². The van der Waals surface area contributed by atoms with Gasteiger partial charge in [-0.1, -0.05) is 42.5 Å². The first kappa shape index (κ1) is 36.6. The van der Waals surface area contributed by atoms with E-state index < -0.39 is 0 Å². The van der Waals surface area contributed by atoms with Crippen LogP contribution in [-0.4, -0.2) is 61.3 Å². The van der Waals surface area contributed by atoms with Crippen LogP contribution in [0.2, 0.25) is 0 Å². The number of fused-ring (bicyclic) bond motifs is 6. The maximum absolute atomic E-state index is 14.8. The van der Waals surface area contributed by atoms with Gasteiger partial charge in [0, 0.05) is 73.9 Å². The fraction of sp³-hybridized carbons (Fsp3) is 0.280. The van der Waals surface area contributed by atoms with E-state index in [1.165, 1.54) is 5.69 Å². The molecular formula is C50H46N6O4. The fourth-order valence-electron chi connectivity index (χ4n) is 10.1. The minimum Gasteiger partial charge on any atom is -0.452 e. The summed E-state index contributed by atoms with van der Waals surface area (Å²) < 4.78 is 13.2. The molecule has 0 amide bonds. The quantitative estimate of drug-likeness (QED) is 0.170. The summed E-state index contributed by atoms with van der Waals surface area (Å²) in [6.07, 6.45) is 2.01. The molecular weight excluding hydrogens is 749 g/mol. The van der Waals surface area contributed by atoms with E-state index in [1.54, 1.807) is 0 Å². The van der Waals surface area contributed by atoms with Gasteiger partial charge < -0.3 is 28.9 Å². The Balaban J connectivity index is 0.952. The first-order valence-electron chi connectivity index (χ1n) is 21.1. The molecule has 0 spiro atoms. The van der Waals surface area contributed by atoms with Crippen LogP contribution >= 0.6 is 0 Å². The minimum absolute atomic E-state index is 0.0136. The smallest absolute Gasteiger partial charge is 0.195 e. The molecule has 2 unspecified atom stereocenters. The van der Waals surface area contributed by atoms with Gasteiger partial charge in [-0.15, -0.1) is 0 Å². The Bertz CT molecular complexity index is 3040. The van der Waals surface area contributed by atoms with Gasteiger partial charge in [0.25, 0.3) is 0 Å². The van der Waals surface area contributed by atoms with Crippen molar-refractivity contribution >= 4 is 39.3 Å². The summed E-state index contributed by atoms with van der Waals surface area (Å²) in [6, 6.07) is 30.6. The highest BCUT2D eigenvalue weighted by Crippen LogP contribution is 2.46. The number of rotatable bonds is 5. The minimum atomic E-state index is -0.0397. The highest BCUT2D eigenvalue weighted by molar-refractivity contribution is 5.93. The molecule has 60 heavy (non-hydrogen) atoms. The zero-order valence-electron chi connectivity index (χ0n) is 34.3. The number of piperazine rings is 2. The molecule has 3 saturated heterocycles. The van der Waals surface area contributed by atoms with Gasteiger partial charge in [-0.05, 0) is 111 Å². The first-order valence-corrected chi connectivity index (χ1v) is 21.1. The van der Waals surface area contributed by atoms with Gasteiger partial charge in [0.05, 0.1) is 16.8 Å². The Morgan fingerprint density at radius 3 is 1.85 bits per heavy atom. The van der Waals surface area contributed by atoms with Gasteiger partial charge >= 0.3 is 0 Å². The summed E-state index contributed by atoms with van der Waals surface area (Å²) in [4.78, 5) is 46.2. The second-order valence-corrected chi connectivity index (χ2v) is 16.8. The van der Waals surface area contributed by atoms with Gasteiger partial charge in [-0.25, -0.2) is 9.97 Å². The van der Waals surface area contributed by atoms with Crippen LogP contribution in [0.5, 0.6) is 0 Å². The van der Waals surface area contributed by atoms with Crippen molar-refractivity contribution in [1.29, 1.82) is 0 Å². The Hall–Kier alpha value is -6.52. The van der Waals surface area contributed by atoms with Crippen LogP contribution in [0.4, 0.5) is 17.1 Å². The van der Waals surface area contributed by atoms with E-state index in [9.17, 15) is 9.59 Å². The standard InChI is InChI=1S/C50H46N6O4/c1-28-25-34(54-23-21-51-22-24-54)19-20-37(28)43-48(58)31(4)46(45-50(43)60-41-12-8-6-10-39(41)53-45)56-35-17-18-36(56)27-55(26-35)33-15-13-32(14-16-33)42-47(57)30(3)29(2)44-49(42)59-40-11-7-5-9-38(40)52-44/h5-16,19-20,25,35-36,51H,17-18,21-24,26-27H2,1-4H3. The van der Waals surface area contributed by atoms with Crippen molar-refractivity contribution in [3.63, 3.8) is 0 Å². The average Bonchev–Trinajstić information content (AvgIpc) is 3.52. The maximum atomic E-state index is 14.8. The lowest BCUT2D eigenvalue weighted by Crippen LogP contribution is -2.54. The Morgan fingerprint density at radius 1 is 0.617 bits per heavy atom. The predicted octanol–water partition coefficient (Wildman–Crippen LogP) is 8.73. The average molecular weight is 795 g/mol. The third-order valence-corrected chi connectivity index (χ3v) is 13.4. The zero-order valence-corrected chi connectivity index (χ0v) is 34.3. The van der Waals surface area contributed by atoms with Crippen LogP contribution in [-0.2, 0) is 0 Å². The monoisotopic (exact) mass is 794 g/mol. The van der Waals surface area contributed by atoms with E-state index in [4.69, 9.17) is 18.8 Å². The molecule has 4 aromatic carbocycles. The van der Waals surface area contributed by atoms with E-state index >= 15 is 0 Å². The molecule has 10 nitrogen and oxygen atoms in total. The number of nitrogens with zero attached hydrogens (tertiary/aromatic N) is 5. The molecule has 10 heteroatoms. The van der Waals surface area contributed by atoms with Crippen molar-refractivity contribution in [3.8, 4) is 45.2 Å². The molecule has 0 saturated carbocycles. The molecule has 7 aliphatic rings. The number of hydrogen-bond acceptors (Lipinski definition) is 10. The van der Waals surface area contributed by atoms with E-state index in [0.29, 0.717) is 50.6 Å². The van der Waals surface area contributed by atoms with Crippen molar-refractivity contribution in [2.75, 3.05) is 54.0 Å². The predicted molar refractivity (Wildman–Crippen MR) is 240 cm³/mol. The summed E-state index contributed by atoms with van der Waals surface area (Å²) >= 11 is 0. The third-order valence-electron chi connectivity index (χ3n) is 13.4. The molecule has 5 aliphatic heterocycles. The van der Waals surface area contributed by atoms with Crippen LogP contribution in [0.25, 0.3) is 67.4 Å². The summed E-state index contributed by atoms with van der Waals surface area (Å²) in [5.41, 5.74) is 13.4. The van der Waals surface area contributed by atoms with Crippen LogP contribution in [0.3, 0.4) is 0 Å². The van der Waals surface area contributed by atoms with Crippen LogP contribution in [0.1, 0.15) is 35.1 Å². The normalized spacial score (nSPS) is 18.1. The number of hydrogen-bond donors (Lipinski definition) is 1. The molecule has 4 aromatic rings. The van der Waals surface area contributed by atoms with E-state index in [-0.39, 0.29) is 22.9 Å². The highest BCUT2D eigenvalue weighted by atomic mass is 16.3. The Morgan fingerprint density at radius 2 is 1.20 bits per heavy atom. The van der Waals surface area contributed by atoms with Crippen molar-refractivity contribution in [2.45, 2.75) is 52.6 Å². The number of aromatic nitrogens is 2. The van der Waals surface area contributed by atoms with Gasteiger partial charge in [-0.2, -0.15) is 0 Å². The molecule has 0 radical (unpaired) electrons. The summed E-state index contributed by atoms with van der Waals surface area (Å²) in [6.45, 7) is 13.3. The highest BCUT2D eigenvalue weighted by Gasteiger charge is 2.43. The number of nitrogens with one attached hydrogen (secondary N) is 1. The van der Waals surface area contributed by atoms with Crippen LogP contribution in [0.15, 0.2) is 109 Å². The second-order valence-electron chi connectivity index (χ2n) is 16.8. The van der Waals surface area contributed by atoms with Crippen LogP contribution in [0, 0.1) is 27.7 Å². The van der Waals surface area contributed by atoms with Crippen molar-refractivity contribution in [2.24, 2.45) is 0 Å². The SMILES string of the molecule is Cc1cc(N2CCNCC2)ccc1-c1c2oc3ccccc3nc-2c(N2C3CCC2CN(c2ccc(-c4c5oc6ccccc6nc-5c(C)c(C)c4=O)cc2)C3)c(C)c1=O. The molecule has 3 fully saturated rings. The molecule has 1 N–H and O–H groups in total. The second kappa shape index (κ2) is 14.1. The summed E-state index contributed by atoms with van der Waals surface area (Å²) in [5.74, 6) is 1.06. The summed E-state index contributed by atoms with van der Waals surface area (Å²) in [5, 5.41) is 3.44. The maximum Gasteiger partial charge on any atom is 0.195 e.